The molecule has 0 bridgehead atoms. The van der Waals surface area contributed by atoms with Crippen LogP contribution in [0.1, 0.15) is 83.1 Å². The smallest absolute Gasteiger partial charge is 0.478 e. The molecule has 0 aliphatic carbocycles. The van der Waals surface area contributed by atoms with Gasteiger partial charge in [0.2, 0.25) is 0 Å². The molecule has 0 saturated heterocycles. The van der Waals surface area contributed by atoms with Crippen molar-refractivity contribution < 1.29 is 84.5 Å². The van der Waals surface area contributed by atoms with Gasteiger partial charge in [-0.05, 0) is 138 Å². The Morgan fingerprint density at radius 2 is 0.805 bits per heavy atom. The van der Waals surface area contributed by atoms with E-state index in [1.54, 1.807) is 107 Å². The number of rotatable bonds is 17. The number of fused-ring (bicyclic) bond motifs is 3. The molecule has 3 N–H and O–H groups in total. The van der Waals surface area contributed by atoms with Crippen molar-refractivity contribution in [1.29, 1.82) is 0 Å². The topological polar surface area (TPSA) is 363 Å². The molecule has 6 rings (SSSR count). The van der Waals surface area contributed by atoms with Gasteiger partial charge in [0.05, 0.1) is 53.3 Å². The number of benzene rings is 3. The van der Waals surface area contributed by atoms with E-state index in [1.165, 1.54) is 67.1 Å². The molecule has 0 aliphatic rings. The van der Waals surface area contributed by atoms with E-state index in [-0.39, 0.29) is 56.8 Å². The minimum absolute atomic E-state index is 0.0498. The molecule has 77 heavy (non-hydrogen) atoms. The van der Waals surface area contributed by atoms with Crippen molar-refractivity contribution in [1.82, 2.24) is 15.0 Å². The Hall–Kier alpha value is -5.89. The lowest BCUT2D eigenvalue weighted by molar-refractivity contribution is -0.383. The Kier molecular flexibility index (Phi) is 23.0. The fourth-order valence-electron chi connectivity index (χ4n) is 5.97. The van der Waals surface area contributed by atoms with E-state index >= 15 is 0 Å². The number of hydrogen-bond donors (Lipinski definition) is 3. The molecule has 0 saturated carbocycles. The zero-order valence-corrected chi connectivity index (χ0v) is 47.3. The number of phenolic OH excluding ortho intramolecular Hbond substituents is 1. The third kappa shape index (κ3) is 22.5. The van der Waals surface area contributed by atoms with Crippen molar-refractivity contribution in [3.8, 4) is 17.2 Å². The van der Waals surface area contributed by atoms with Gasteiger partial charge in [-0.1, -0.05) is 11.6 Å². The van der Waals surface area contributed by atoms with Gasteiger partial charge in [0.25, 0.3) is 17.1 Å². The number of nitro groups is 3. The number of pyridine rings is 3. The second-order valence-electron chi connectivity index (χ2n) is 19.5. The van der Waals surface area contributed by atoms with Crippen LogP contribution in [0, 0.1) is 30.3 Å². The highest BCUT2D eigenvalue weighted by molar-refractivity contribution is 7.49. The zero-order chi connectivity index (χ0) is 58.4. The van der Waals surface area contributed by atoms with Crippen LogP contribution in [0.4, 0.5) is 17.1 Å². The molecule has 0 amide bonds. The molecular formula is C46H60ClN6O21P3. The first kappa shape index (κ1) is 65.4. The van der Waals surface area contributed by atoms with Crippen molar-refractivity contribution in [2.24, 2.45) is 0 Å². The standard InChI is InChI=1S/C18H25N2O7P.C10H9N2O7P.C9H20ClO4P.C9H6N2O3/c1-17(2,3)26-28(23,27-18(4,5)6)25-12-24-15-10-9-14(20(21)22)13-8-7-11-19-16(13)15;13-12(14)8-3-4-9(18-6-19-20(15,16)17)10-7(8)2-1-5-11-10;1-8(2,3)13-15(11,12-7-10)14-9(4,5)6;12-8-4-3-7(11(13)14)6-2-1-5-10-9(6)8/h7-11H,12H2,1-6H3;1-5H,6H2,(H2,15,16,17);7H2,1-6H3;1-5,12H. The third-order valence-electron chi connectivity index (χ3n) is 8.34. The van der Waals surface area contributed by atoms with Gasteiger partial charge >= 0.3 is 23.5 Å². The lowest BCUT2D eigenvalue weighted by Gasteiger charge is -2.30. The van der Waals surface area contributed by atoms with Crippen LogP contribution >= 0.6 is 35.1 Å². The summed E-state index contributed by atoms with van der Waals surface area (Å²) < 4.78 is 82.1. The molecular weight excluding hydrogens is 1100 g/mol. The van der Waals surface area contributed by atoms with Gasteiger partial charge in [0.15, 0.2) is 13.6 Å². The summed E-state index contributed by atoms with van der Waals surface area (Å²) in [6.45, 7) is 19.8. The highest BCUT2D eigenvalue weighted by Gasteiger charge is 2.38. The number of alkyl halides is 1. The van der Waals surface area contributed by atoms with Crippen LogP contribution in [0.2, 0.25) is 0 Å². The quantitative estimate of drug-likeness (QED) is 0.0251. The number of aromatic nitrogens is 3. The average molecular weight is 1160 g/mol. The fraction of sp³-hybridized carbons (Fsp3) is 0.413. The van der Waals surface area contributed by atoms with E-state index in [9.17, 15) is 49.1 Å². The number of phosphoric ester groups is 3. The van der Waals surface area contributed by atoms with E-state index in [0.717, 1.165) is 0 Å². The molecule has 0 aliphatic heterocycles. The minimum Gasteiger partial charge on any atom is -0.506 e. The number of non-ortho nitro benzene ring substituents is 3. The lowest BCUT2D eigenvalue weighted by atomic mass is 10.1. The SMILES string of the molecule is CC(C)(C)OP(=O)(OCCl)OC(C)(C)C.CC(C)(C)OP(=O)(OCOc1ccc([N+](=O)[O-])c2cccnc12)OC(C)(C)C.O=[N+]([O-])c1ccc(O)c2ncccc12.O=[N+]([O-])c1ccc(OCOP(=O)(O)O)c2ncccc12. The number of aromatic hydroxyl groups is 1. The summed E-state index contributed by atoms with van der Waals surface area (Å²) in [4.78, 5) is 60.2. The van der Waals surface area contributed by atoms with Crippen molar-refractivity contribution >= 4 is 84.8 Å². The summed E-state index contributed by atoms with van der Waals surface area (Å²) >= 11 is 5.39. The van der Waals surface area contributed by atoms with Gasteiger partial charge in [-0.3, -0.25) is 67.9 Å². The zero-order valence-electron chi connectivity index (χ0n) is 43.9. The molecule has 27 nitrogen and oxygen atoms in total. The first-order valence-electron chi connectivity index (χ1n) is 22.4. The molecule has 0 radical (unpaired) electrons. The van der Waals surface area contributed by atoms with E-state index in [4.69, 9.17) is 58.0 Å². The Balaban J connectivity index is 0.000000281. The van der Waals surface area contributed by atoms with Gasteiger partial charge in [0.1, 0.15) is 39.9 Å². The Labute approximate surface area is 447 Å². The van der Waals surface area contributed by atoms with Crippen LogP contribution in [-0.4, -0.2) is 86.7 Å². The first-order chi connectivity index (χ1) is 35.4. The predicted octanol–water partition coefficient (Wildman–Crippen LogP) is 12.6. The van der Waals surface area contributed by atoms with Gasteiger partial charge < -0.3 is 24.4 Å². The molecule has 422 valence electrons. The summed E-state index contributed by atoms with van der Waals surface area (Å²) in [6.07, 6.45) is 4.39. The molecule has 3 aromatic carbocycles. The maximum absolute atomic E-state index is 13.0. The van der Waals surface area contributed by atoms with Crippen molar-refractivity contribution in [2.45, 2.75) is 105 Å². The van der Waals surface area contributed by atoms with Crippen molar-refractivity contribution in [2.75, 3.05) is 19.7 Å². The van der Waals surface area contributed by atoms with Crippen LogP contribution in [0.15, 0.2) is 91.4 Å². The summed E-state index contributed by atoms with van der Waals surface area (Å²) in [5.74, 6) is 0.324. The molecule has 0 atom stereocenters. The largest absolute Gasteiger partial charge is 0.506 e. The van der Waals surface area contributed by atoms with E-state index < -0.39 is 74.2 Å². The molecule has 0 spiro atoms. The molecule has 6 aromatic rings. The van der Waals surface area contributed by atoms with Gasteiger partial charge in [-0.25, -0.2) is 22.7 Å². The number of nitro benzene ring substituents is 3. The van der Waals surface area contributed by atoms with Crippen LogP contribution in [-0.2, 0) is 45.4 Å². The average Bonchev–Trinajstić information content (AvgIpc) is 3.26. The van der Waals surface area contributed by atoms with E-state index in [2.05, 4.69) is 19.5 Å². The number of halogens is 1. The predicted molar refractivity (Wildman–Crippen MR) is 282 cm³/mol. The summed E-state index contributed by atoms with van der Waals surface area (Å²) in [5.41, 5.74) is -2.32. The maximum atomic E-state index is 13.0. The molecule has 3 heterocycles. The molecule has 31 heteroatoms. The summed E-state index contributed by atoms with van der Waals surface area (Å²) in [5, 5.41) is 43.0. The number of ether oxygens (including phenoxy) is 2. The Bertz CT molecular complexity index is 3120. The Morgan fingerprint density at radius 1 is 0.494 bits per heavy atom. The number of hydrogen-bond acceptors (Lipinski definition) is 22. The second-order valence-corrected chi connectivity index (χ2v) is 24.0. The normalized spacial score (nSPS) is 12.4. The van der Waals surface area contributed by atoms with Crippen LogP contribution in [0.5, 0.6) is 17.2 Å². The molecule has 0 fully saturated rings. The third-order valence-corrected chi connectivity index (χ3v) is 13.0. The van der Waals surface area contributed by atoms with Crippen molar-refractivity contribution in [3.05, 3.63) is 122 Å². The highest BCUT2D eigenvalue weighted by Crippen LogP contribution is 2.56. The monoisotopic (exact) mass is 1160 g/mol. The van der Waals surface area contributed by atoms with E-state index in [0.29, 0.717) is 16.3 Å². The van der Waals surface area contributed by atoms with E-state index in [1.807, 2.05) is 0 Å². The van der Waals surface area contributed by atoms with Crippen LogP contribution in [0.3, 0.4) is 0 Å². The fourth-order valence-corrected chi connectivity index (χ4v) is 9.79. The minimum atomic E-state index is -4.64. The van der Waals surface area contributed by atoms with Gasteiger partial charge in [-0.2, -0.15) is 0 Å². The Morgan fingerprint density at radius 3 is 1.13 bits per heavy atom. The summed E-state index contributed by atoms with van der Waals surface area (Å²) in [7, 11) is -12.2. The summed E-state index contributed by atoms with van der Waals surface area (Å²) in [6, 6.07) is 16.9. The second kappa shape index (κ2) is 27.1. The lowest BCUT2D eigenvalue weighted by Crippen LogP contribution is -2.25. The number of nitrogens with zero attached hydrogens (tertiary/aromatic N) is 6. The highest BCUT2D eigenvalue weighted by atomic mass is 35.5. The van der Waals surface area contributed by atoms with Gasteiger partial charge in [-0.15, -0.1) is 0 Å². The van der Waals surface area contributed by atoms with Gasteiger partial charge in [0, 0.05) is 36.8 Å². The molecule has 3 aromatic heterocycles. The maximum Gasteiger partial charge on any atom is 0.478 e. The van der Waals surface area contributed by atoms with Crippen molar-refractivity contribution in [3.63, 3.8) is 0 Å². The van der Waals surface area contributed by atoms with Crippen LogP contribution < -0.4 is 9.47 Å². The number of phosphoric acid groups is 3. The first-order valence-corrected chi connectivity index (χ1v) is 27.4. The van der Waals surface area contributed by atoms with Crippen LogP contribution in [0.25, 0.3) is 32.7 Å². The number of phenols is 1. The molecule has 0 unspecified atom stereocenters.